The maximum Gasteiger partial charge on any atom is 0.506 e. The Labute approximate surface area is 90.2 Å². The van der Waals surface area contributed by atoms with Crippen LogP contribution in [-0.2, 0) is 14.5 Å². The summed E-state index contributed by atoms with van der Waals surface area (Å²) in [7, 11) is 0. The summed E-state index contributed by atoms with van der Waals surface area (Å²) in [6.45, 7) is 9.04. The lowest BCUT2D eigenvalue weighted by Crippen LogP contribution is -2.35. The van der Waals surface area contributed by atoms with E-state index in [1.807, 2.05) is 20.8 Å². The van der Waals surface area contributed by atoms with Crippen molar-refractivity contribution in [2.45, 2.75) is 52.2 Å². The smallest absolute Gasteiger partial charge is 0.450 e. The largest absolute Gasteiger partial charge is 0.506 e. The number of carbonyl (C=O) groups is 1. The van der Waals surface area contributed by atoms with E-state index in [9.17, 15) is 4.79 Å². The molecule has 0 heterocycles. The van der Waals surface area contributed by atoms with Crippen LogP contribution in [0.4, 0.5) is 4.79 Å². The van der Waals surface area contributed by atoms with Crippen LogP contribution in [0.25, 0.3) is 0 Å². The van der Waals surface area contributed by atoms with Crippen molar-refractivity contribution in [2.75, 3.05) is 6.61 Å². The minimum atomic E-state index is -1.32. The first-order chi connectivity index (χ1) is 6.68. The molecule has 0 unspecified atom stereocenters. The molecule has 0 radical (unpaired) electrons. The summed E-state index contributed by atoms with van der Waals surface area (Å²) in [4.78, 5) is 20.4. The van der Waals surface area contributed by atoms with E-state index in [0.29, 0.717) is 0 Å². The summed E-state index contributed by atoms with van der Waals surface area (Å²) >= 11 is 0. The highest BCUT2D eigenvalue weighted by molar-refractivity contribution is 5.57. The molecule has 15 heavy (non-hydrogen) atoms. The van der Waals surface area contributed by atoms with E-state index in [0.717, 1.165) is 6.42 Å². The molecule has 0 saturated heterocycles. The molecule has 0 aromatic rings. The van der Waals surface area contributed by atoms with Gasteiger partial charge < -0.3 is 9.84 Å². The zero-order chi connectivity index (χ0) is 12.1. The molecule has 0 aliphatic heterocycles. The molecule has 5 nitrogen and oxygen atoms in total. The van der Waals surface area contributed by atoms with Gasteiger partial charge in [0.05, 0.1) is 5.60 Å². The van der Waals surface area contributed by atoms with E-state index < -0.39 is 11.8 Å². The van der Waals surface area contributed by atoms with Crippen molar-refractivity contribution in [3.05, 3.63) is 0 Å². The predicted octanol–water partition coefficient (Wildman–Crippen LogP) is 2.60. The van der Waals surface area contributed by atoms with Crippen molar-refractivity contribution in [2.24, 2.45) is 0 Å². The summed E-state index contributed by atoms with van der Waals surface area (Å²) in [5.41, 5.74) is -1.28. The molecular formula is C10H20O5. The fraction of sp³-hybridized carbons (Fsp3) is 0.900. The number of rotatable bonds is 6. The van der Waals surface area contributed by atoms with Crippen LogP contribution in [0.3, 0.4) is 0 Å². The second-order valence-corrected chi connectivity index (χ2v) is 4.59. The molecular weight excluding hydrogens is 200 g/mol. The van der Waals surface area contributed by atoms with Gasteiger partial charge in [-0.1, -0.05) is 6.92 Å². The Balaban J connectivity index is 3.89. The summed E-state index contributed by atoms with van der Waals surface area (Å²) < 4.78 is 4.60. The first-order valence-electron chi connectivity index (χ1n) is 4.91. The van der Waals surface area contributed by atoms with Crippen LogP contribution in [0.1, 0.15) is 41.0 Å². The normalized spacial score (nSPS) is 12.6. The zero-order valence-corrected chi connectivity index (χ0v) is 9.99. The van der Waals surface area contributed by atoms with Crippen LogP contribution in [0.5, 0.6) is 0 Å². The van der Waals surface area contributed by atoms with Crippen molar-refractivity contribution >= 4 is 6.16 Å². The second-order valence-electron chi connectivity index (χ2n) is 4.59. The molecule has 0 aliphatic carbocycles. The summed E-state index contributed by atoms with van der Waals surface area (Å²) in [5.74, 6) is 0. The molecule has 0 amide bonds. The molecule has 5 heteroatoms. The van der Waals surface area contributed by atoms with Gasteiger partial charge in [0.25, 0.3) is 0 Å². The van der Waals surface area contributed by atoms with Crippen molar-refractivity contribution in [1.82, 2.24) is 0 Å². The van der Waals surface area contributed by atoms with Crippen molar-refractivity contribution in [1.29, 1.82) is 0 Å². The van der Waals surface area contributed by atoms with Gasteiger partial charge in [0.1, 0.15) is 12.2 Å². The van der Waals surface area contributed by atoms with Gasteiger partial charge in [-0.15, -0.1) is 0 Å². The average molecular weight is 220 g/mol. The molecule has 0 fully saturated rings. The monoisotopic (exact) mass is 220 g/mol. The van der Waals surface area contributed by atoms with Gasteiger partial charge in [0, 0.05) is 0 Å². The molecule has 0 aromatic carbocycles. The third-order valence-electron chi connectivity index (χ3n) is 1.91. The standard InChI is InChI=1S/C10H20O5/c1-6-9(2,3)15-13-7-10(4,5)14-8(11)12/h6-7H2,1-5H3,(H,11,12). The highest BCUT2D eigenvalue weighted by atomic mass is 17.2. The van der Waals surface area contributed by atoms with Crippen LogP contribution in [0, 0.1) is 0 Å². The Hall–Kier alpha value is -0.810. The minimum Gasteiger partial charge on any atom is -0.450 e. The van der Waals surface area contributed by atoms with Crippen molar-refractivity contribution in [3.63, 3.8) is 0 Å². The number of hydrogen-bond donors (Lipinski definition) is 1. The quantitative estimate of drug-likeness (QED) is 0.423. The molecule has 0 aliphatic rings. The molecule has 0 spiro atoms. The van der Waals surface area contributed by atoms with Gasteiger partial charge in [0.2, 0.25) is 0 Å². The molecule has 0 bridgehead atoms. The van der Waals surface area contributed by atoms with E-state index >= 15 is 0 Å². The zero-order valence-electron chi connectivity index (χ0n) is 9.99. The average Bonchev–Trinajstić information content (AvgIpc) is 2.00. The third-order valence-corrected chi connectivity index (χ3v) is 1.91. The molecule has 1 N–H and O–H groups in total. The van der Waals surface area contributed by atoms with Crippen molar-refractivity contribution < 1.29 is 24.4 Å². The predicted molar refractivity (Wildman–Crippen MR) is 54.6 cm³/mol. The van der Waals surface area contributed by atoms with Gasteiger partial charge in [-0.3, -0.25) is 0 Å². The maximum absolute atomic E-state index is 10.3. The van der Waals surface area contributed by atoms with E-state index in [1.165, 1.54) is 0 Å². The van der Waals surface area contributed by atoms with Crippen LogP contribution in [-0.4, -0.2) is 29.1 Å². The first kappa shape index (κ1) is 14.2. The fourth-order valence-electron chi connectivity index (χ4n) is 0.656. The highest BCUT2D eigenvalue weighted by Crippen LogP contribution is 2.16. The van der Waals surface area contributed by atoms with Gasteiger partial charge in [-0.25, -0.2) is 14.6 Å². The molecule has 0 rings (SSSR count). The molecule has 90 valence electrons. The van der Waals surface area contributed by atoms with Crippen LogP contribution >= 0.6 is 0 Å². The Bertz CT molecular complexity index is 210. The Morgan fingerprint density at radius 1 is 1.20 bits per heavy atom. The Kier molecular flexibility index (Phi) is 5.03. The Morgan fingerprint density at radius 2 is 1.73 bits per heavy atom. The first-order valence-corrected chi connectivity index (χ1v) is 4.91. The van der Waals surface area contributed by atoms with Crippen LogP contribution < -0.4 is 0 Å². The van der Waals surface area contributed by atoms with E-state index in [2.05, 4.69) is 4.74 Å². The SMILES string of the molecule is CCC(C)(C)OOCC(C)(C)OC(=O)O. The van der Waals surface area contributed by atoms with Crippen LogP contribution in [0.15, 0.2) is 0 Å². The maximum atomic E-state index is 10.3. The molecule has 0 atom stereocenters. The van der Waals surface area contributed by atoms with Gasteiger partial charge in [-0.05, 0) is 34.1 Å². The number of ether oxygens (including phenoxy) is 1. The molecule has 0 saturated carbocycles. The third kappa shape index (κ3) is 7.16. The lowest BCUT2D eigenvalue weighted by Gasteiger charge is -2.26. The Morgan fingerprint density at radius 3 is 2.13 bits per heavy atom. The van der Waals surface area contributed by atoms with E-state index in [4.69, 9.17) is 14.9 Å². The molecule has 0 aromatic heterocycles. The van der Waals surface area contributed by atoms with Gasteiger partial charge >= 0.3 is 6.16 Å². The lowest BCUT2D eigenvalue weighted by molar-refractivity contribution is -0.366. The van der Waals surface area contributed by atoms with Crippen molar-refractivity contribution in [3.8, 4) is 0 Å². The minimum absolute atomic E-state index is 0.0583. The van der Waals surface area contributed by atoms with Gasteiger partial charge in [0.15, 0.2) is 0 Å². The number of carboxylic acid groups (broad SMARTS) is 1. The van der Waals surface area contributed by atoms with Crippen LogP contribution in [0.2, 0.25) is 0 Å². The highest BCUT2D eigenvalue weighted by Gasteiger charge is 2.25. The van der Waals surface area contributed by atoms with Gasteiger partial charge in [-0.2, -0.15) is 0 Å². The summed E-state index contributed by atoms with van der Waals surface area (Å²) in [5, 5.41) is 8.44. The lowest BCUT2D eigenvalue weighted by atomic mass is 10.1. The van der Waals surface area contributed by atoms with E-state index in [-0.39, 0.29) is 12.2 Å². The summed E-state index contributed by atoms with van der Waals surface area (Å²) in [6.07, 6.45) is -0.522. The topological polar surface area (TPSA) is 65.0 Å². The summed E-state index contributed by atoms with van der Waals surface area (Å²) in [6, 6.07) is 0. The van der Waals surface area contributed by atoms with E-state index in [1.54, 1.807) is 13.8 Å². The second kappa shape index (κ2) is 5.32. The fourth-order valence-corrected chi connectivity index (χ4v) is 0.656. The number of hydrogen-bond acceptors (Lipinski definition) is 4.